The molecule has 2 aromatic carbocycles. The van der Waals surface area contributed by atoms with E-state index in [4.69, 9.17) is 21.5 Å². The van der Waals surface area contributed by atoms with E-state index in [2.05, 4.69) is 0 Å². The summed E-state index contributed by atoms with van der Waals surface area (Å²) in [5, 5.41) is 19.5. The van der Waals surface area contributed by atoms with Crippen molar-refractivity contribution in [1.82, 2.24) is 0 Å². The van der Waals surface area contributed by atoms with Gasteiger partial charge < -0.3 is 5.73 Å². The third-order valence-electron chi connectivity index (χ3n) is 3.25. The zero-order chi connectivity index (χ0) is 19.0. The Labute approximate surface area is 134 Å². The van der Waals surface area contributed by atoms with E-state index in [1.165, 1.54) is 0 Å². The lowest BCUT2D eigenvalue weighted by molar-refractivity contribution is 0.471. The Kier molecular flexibility index (Phi) is 4.28. The number of benzene rings is 2. The summed E-state index contributed by atoms with van der Waals surface area (Å²) in [6, 6.07) is 3.22. The van der Waals surface area contributed by atoms with Crippen molar-refractivity contribution < 1.29 is 26.3 Å². The fraction of sp³-hybridized carbons (Fsp3) is 0. The fourth-order valence-electron chi connectivity index (χ4n) is 2.16. The van der Waals surface area contributed by atoms with Crippen LogP contribution in [-0.2, 0) is 0 Å². The first kappa shape index (κ1) is 17.6. The number of nitriles is 3. The van der Waals surface area contributed by atoms with Gasteiger partial charge in [0, 0.05) is 0 Å². The van der Waals surface area contributed by atoms with Crippen LogP contribution in [0.15, 0.2) is 0 Å². The molecule has 0 aromatic heterocycles. The van der Waals surface area contributed by atoms with Crippen LogP contribution in [0.25, 0.3) is 22.0 Å². The van der Waals surface area contributed by atoms with Gasteiger partial charge in [-0.3, -0.25) is 0 Å². The average Bonchev–Trinajstić information content (AvgIpc) is 2.59. The average molecular weight is 352 g/mol. The summed E-state index contributed by atoms with van der Waals surface area (Å²) in [6.45, 7) is 0. The standard InChI is InChI=1S/C15H2F6N4/c16-10-6(4(1-22)2-23)12(18)14(20)9-8(10)15(21)13(19)7(11(9)17)5(25)3-24/h25H2/b7-5+. The van der Waals surface area contributed by atoms with Gasteiger partial charge in [-0.15, -0.1) is 0 Å². The van der Waals surface area contributed by atoms with Crippen LogP contribution in [-0.4, -0.2) is 0 Å². The Bertz CT molecular complexity index is 1180. The summed E-state index contributed by atoms with van der Waals surface area (Å²) in [4.78, 5) is 0. The molecule has 124 valence electrons. The van der Waals surface area contributed by atoms with Crippen LogP contribution in [0, 0.1) is 68.9 Å². The minimum absolute atomic E-state index is 1.06. The molecule has 0 atom stereocenters. The van der Waals surface area contributed by atoms with Crippen molar-refractivity contribution in [3.8, 4) is 18.2 Å². The van der Waals surface area contributed by atoms with Gasteiger partial charge in [0.1, 0.15) is 41.1 Å². The number of rotatable bonds is 0. The van der Waals surface area contributed by atoms with Gasteiger partial charge >= 0.3 is 0 Å². The lowest BCUT2D eigenvalue weighted by Crippen LogP contribution is -2.26. The van der Waals surface area contributed by atoms with Gasteiger partial charge in [0.15, 0.2) is 23.3 Å². The predicted octanol–water partition coefficient (Wildman–Crippen LogP) is 1.46. The molecule has 0 fully saturated rings. The summed E-state index contributed by atoms with van der Waals surface area (Å²) >= 11 is 0. The molecule has 2 N–H and O–H groups in total. The summed E-state index contributed by atoms with van der Waals surface area (Å²) in [6.07, 6.45) is 0. The minimum Gasteiger partial charge on any atom is -0.390 e. The number of nitrogens with two attached hydrogens (primary N) is 1. The Morgan fingerprint density at radius 2 is 1.00 bits per heavy atom. The van der Waals surface area contributed by atoms with E-state index in [0.29, 0.717) is 0 Å². The summed E-state index contributed by atoms with van der Waals surface area (Å²) in [7, 11) is 0. The molecular formula is C15H2F6N4. The highest BCUT2D eigenvalue weighted by atomic mass is 19.2. The second kappa shape index (κ2) is 6.06. The Hall–Kier alpha value is -3.71. The van der Waals surface area contributed by atoms with Crippen molar-refractivity contribution in [2.24, 2.45) is 5.73 Å². The van der Waals surface area contributed by atoms with E-state index in [9.17, 15) is 26.3 Å². The molecule has 0 amide bonds. The van der Waals surface area contributed by atoms with E-state index in [1.54, 1.807) is 0 Å². The topological polar surface area (TPSA) is 97.4 Å². The van der Waals surface area contributed by atoms with Crippen molar-refractivity contribution in [2.45, 2.75) is 0 Å². The Morgan fingerprint density at radius 1 is 0.600 bits per heavy atom. The molecule has 0 saturated heterocycles. The number of hydrogen-bond donors (Lipinski definition) is 1. The van der Waals surface area contributed by atoms with E-state index >= 15 is 0 Å². The number of nitrogens with zero attached hydrogens (tertiary/aromatic N) is 3. The highest BCUT2D eigenvalue weighted by Crippen LogP contribution is 2.26. The van der Waals surface area contributed by atoms with Crippen molar-refractivity contribution >= 4 is 22.0 Å². The first-order valence-corrected chi connectivity index (χ1v) is 6.09. The number of hydrogen-bond acceptors (Lipinski definition) is 4. The van der Waals surface area contributed by atoms with Gasteiger partial charge in [-0.25, -0.2) is 26.3 Å². The van der Waals surface area contributed by atoms with E-state index in [0.717, 1.165) is 18.2 Å². The minimum atomic E-state index is -2.18. The molecule has 10 heteroatoms. The lowest BCUT2D eigenvalue weighted by atomic mass is 10.0. The SMILES string of the molecule is N#CC(C#N)=c1c(F)c(F)c2c(F)/c(=C(\N)C#N)c(F)c(F)c2c1F. The molecule has 25 heavy (non-hydrogen) atoms. The second-order valence-corrected chi connectivity index (χ2v) is 4.51. The van der Waals surface area contributed by atoms with Crippen molar-refractivity contribution in [1.29, 1.82) is 15.8 Å². The molecule has 2 aromatic rings. The lowest BCUT2D eigenvalue weighted by Gasteiger charge is -2.09. The van der Waals surface area contributed by atoms with Gasteiger partial charge in [0.25, 0.3) is 0 Å². The van der Waals surface area contributed by atoms with Crippen LogP contribution in [0.5, 0.6) is 0 Å². The third-order valence-corrected chi connectivity index (χ3v) is 3.25. The Balaban J connectivity index is 3.45. The van der Waals surface area contributed by atoms with E-state index < -0.39 is 67.4 Å². The normalized spacial score (nSPS) is 11.5. The van der Waals surface area contributed by atoms with Gasteiger partial charge in [-0.1, -0.05) is 0 Å². The first-order chi connectivity index (χ1) is 11.7. The molecule has 0 aliphatic heterocycles. The highest BCUT2D eigenvalue weighted by molar-refractivity contribution is 5.88. The molecule has 0 saturated carbocycles. The van der Waals surface area contributed by atoms with Crippen molar-refractivity contribution in [2.75, 3.05) is 0 Å². The largest absolute Gasteiger partial charge is 0.390 e. The molecule has 0 spiro atoms. The van der Waals surface area contributed by atoms with Gasteiger partial charge in [-0.05, 0) is 0 Å². The maximum atomic E-state index is 14.4. The molecule has 0 aliphatic carbocycles. The zero-order valence-corrected chi connectivity index (χ0v) is 11.7. The van der Waals surface area contributed by atoms with Crippen LogP contribution >= 0.6 is 0 Å². The van der Waals surface area contributed by atoms with Gasteiger partial charge in [0.2, 0.25) is 0 Å². The molecule has 0 bridgehead atoms. The molecule has 2 rings (SSSR count). The summed E-state index contributed by atoms with van der Waals surface area (Å²) in [5.41, 5.74) is 2.54. The van der Waals surface area contributed by atoms with E-state index in [1.807, 2.05) is 0 Å². The van der Waals surface area contributed by atoms with E-state index in [-0.39, 0.29) is 0 Å². The fourth-order valence-corrected chi connectivity index (χ4v) is 2.16. The summed E-state index contributed by atoms with van der Waals surface area (Å²) < 4.78 is 84.9. The Morgan fingerprint density at radius 3 is 1.40 bits per heavy atom. The quantitative estimate of drug-likeness (QED) is 0.573. The zero-order valence-electron chi connectivity index (χ0n) is 11.7. The molecule has 0 aliphatic rings. The predicted molar refractivity (Wildman–Crippen MR) is 70.8 cm³/mol. The maximum Gasteiger partial charge on any atom is 0.172 e. The first-order valence-electron chi connectivity index (χ1n) is 6.09. The maximum absolute atomic E-state index is 14.4. The smallest absolute Gasteiger partial charge is 0.172 e. The van der Waals surface area contributed by atoms with Crippen LogP contribution in [0.1, 0.15) is 0 Å². The molecule has 0 radical (unpaired) electrons. The van der Waals surface area contributed by atoms with Crippen LogP contribution in [0.4, 0.5) is 26.3 Å². The summed E-state index contributed by atoms with van der Waals surface area (Å²) in [5.74, 6) is -12.7. The van der Waals surface area contributed by atoms with Crippen LogP contribution in [0.2, 0.25) is 0 Å². The van der Waals surface area contributed by atoms with Gasteiger partial charge in [0.05, 0.1) is 21.2 Å². The van der Waals surface area contributed by atoms with Crippen molar-refractivity contribution in [3.05, 3.63) is 45.3 Å². The molecular weight excluding hydrogens is 350 g/mol. The van der Waals surface area contributed by atoms with Crippen molar-refractivity contribution in [3.63, 3.8) is 0 Å². The number of fused-ring (bicyclic) bond motifs is 1. The second-order valence-electron chi connectivity index (χ2n) is 4.51. The highest BCUT2D eigenvalue weighted by Gasteiger charge is 2.28. The third kappa shape index (κ3) is 2.30. The molecule has 0 unspecified atom stereocenters. The monoisotopic (exact) mass is 352 g/mol. The van der Waals surface area contributed by atoms with Crippen LogP contribution < -0.4 is 16.2 Å². The van der Waals surface area contributed by atoms with Crippen LogP contribution in [0.3, 0.4) is 0 Å². The van der Waals surface area contributed by atoms with Gasteiger partial charge in [-0.2, -0.15) is 15.8 Å². The molecule has 0 heterocycles. The number of halogens is 6. The molecule has 4 nitrogen and oxygen atoms in total.